The van der Waals surface area contributed by atoms with Crippen LogP contribution >= 0.6 is 0 Å². The van der Waals surface area contributed by atoms with Crippen molar-refractivity contribution in [2.45, 2.75) is 26.2 Å². The van der Waals surface area contributed by atoms with Crippen molar-refractivity contribution in [2.24, 2.45) is 5.92 Å². The molecule has 158 valence electrons. The maximum Gasteiger partial charge on any atom is 0.246 e. The van der Waals surface area contributed by atoms with Gasteiger partial charge in [-0.1, -0.05) is 36.4 Å². The molecule has 1 aliphatic rings. The molecule has 0 bridgehead atoms. The van der Waals surface area contributed by atoms with Crippen LogP contribution in [0.4, 0.5) is 11.6 Å². The van der Waals surface area contributed by atoms with Crippen LogP contribution < -0.4 is 5.32 Å². The summed E-state index contributed by atoms with van der Waals surface area (Å²) in [6.45, 7) is 3.57. The van der Waals surface area contributed by atoms with Gasteiger partial charge in [-0.3, -0.25) is 4.79 Å². The lowest BCUT2D eigenvalue weighted by Gasteiger charge is -2.32. The molecule has 6 heteroatoms. The zero-order chi connectivity index (χ0) is 21.5. The third-order valence-corrected chi connectivity index (χ3v) is 5.53. The standard InChI is InChI=1S/C25H27N5O/c1-19-7-5-13-26-25(19)29-23-16-22(27-18-28-23)15-21-10-6-14-30(17-21)24(31)12-11-20-8-3-2-4-9-20/h2-5,7-9,11-13,16,18,21H,6,10,14-15,17H2,1H3,(H,26,27,28,29)/b12-11+/t21-/m1/s1. The summed E-state index contributed by atoms with van der Waals surface area (Å²) in [5, 5.41) is 3.27. The van der Waals surface area contributed by atoms with Crippen LogP contribution in [-0.4, -0.2) is 38.8 Å². The maximum absolute atomic E-state index is 12.7. The number of hydrogen-bond donors (Lipinski definition) is 1. The second-order valence-electron chi connectivity index (χ2n) is 7.93. The van der Waals surface area contributed by atoms with E-state index in [-0.39, 0.29) is 5.91 Å². The zero-order valence-electron chi connectivity index (χ0n) is 17.7. The minimum Gasteiger partial charge on any atom is -0.339 e. The Morgan fingerprint density at radius 2 is 2.03 bits per heavy atom. The van der Waals surface area contributed by atoms with Crippen molar-refractivity contribution in [2.75, 3.05) is 18.4 Å². The van der Waals surface area contributed by atoms with Gasteiger partial charge in [0.15, 0.2) is 0 Å². The molecule has 0 spiro atoms. The molecule has 2 aromatic heterocycles. The van der Waals surface area contributed by atoms with Crippen LogP contribution in [0, 0.1) is 12.8 Å². The maximum atomic E-state index is 12.7. The topological polar surface area (TPSA) is 71.0 Å². The van der Waals surface area contributed by atoms with E-state index in [9.17, 15) is 4.79 Å². The van der Waals surface area contributed by atoms with Crippen LogP contribution in [0.15, 0.2) is 67.1 Å². The Labute approximate surface area is 183 Å². The van der Waals surface area contributed by atoms with Gasteiger partial charge < -0.3 is 10.2 Å². The second-order valence-corrected chi connectivity index (χ2v) is 7.93. The van der Waals surface area contributed by atoms with Crippen molar-refractivity contribution < 1.29 is 4.79 Å². The molecule has 1 fully saturated rings. The van der Waals surface area contributed by atoms with Crippen LogP contribution in [0.1, 0.15) is 29.7 Å². The Kier molecular flexibility index (Phi) is 6.67. The molecule has 0 saturated carbocycles. The summed E-state index contributed by atoms with van der Waals surface area (Å²) in [5.41, 5.74) is 3.08. The molecule has 1 atom stereocenters. The number of aryl methyl sites for hydroxylation is 1. The average Bonchev–Trinajstić information content (AvgIpc) is 2.80. The van der Waals surface area contributed by atoms with Crippen LogP contribution in [0.5, 0.6) is 0 Å². The van der Waals surface area contributed by atoms with Crippen molar-refractivity contribution in [3.05, 3.63) is 84.0 Å². The fourth-order valence-corrected chi connectivity index (χ4v) is 3.88. The summed E-state index contributed by atoms with van der Waals surface area (Å²) in [6, 6.07) is 15.8. The number of piperidine rings is 1. The molecule has 0 unspecified atom stereocenters. The highest BCUT2D eigenvalue weighted by atomic mass is 16.2. The second kappa shape index (κ2) is 9.98. The molecular weight excluding hydrogens is 386 g/mol. The molecule has 1 saturated heterocycles. The zero-order valence-corrected chi connectivity index (χ0v) is 17.7. The highest BCUT2D eigenvalue weighted by molar-refractivity contribution is 5.91. The van der Waals surface area contributed by atoms with Crippen LogP contribution in [-0.2, 0) is 11.2 Å². The molecule has 0 aliphatic carbocycles. The van der Waals surface area contributed by atoms with Crippen molar-refractivity contribution in [1.29, 1.82) is 0 Å². The molecule has 0 radical (unpaired) electrons. The van der Waals surface area contributed by atoms with Gasteiger partial charge in [-0.2, -0.15) is 0 Å². The highest BCUT2D eigenvalue weighted by Crippen LogP contribution is 2.22. The summed E-state index contributed by atoms with van der Waals surface area (Å²) in [5.74, 6) is 2.00. The van der Waals surface area contributed by atoms with E-state index in [2.05, 4.69) is 20.3 Å². The number of hydrogen-bond acceptors (Lipinski definition) is 5. The van der Waals surface area contributed by atoms with E-state index >= 15 is 0 Å². The van der Waals surface area contributed by atoms with E-state index in [0.29, 0.717) is 5.92 Å². The van der Waals surface area contributed by atoms with Gasteiger partial charge >= 0.3 is 0 Å². The van der Waals surface area contributed by atoms with Gasteiger partial charge in [-0.15, -0.1) is 0 Å². The SMILES string of the molecule is Cc1cccnc1Nc1cc(C[C@H]2CCCN(C(=O)/C=C/c3ccccc3)C2)ncn1. The molecule has 6 nitrogen and oxygen atoms in total. The van der Waals surface area contributed by atoms with Gasteiger partial charge in [0.2, 0.25) is 5.91 Å². The number of nitrogens with one attached hydrogen (secondary N) is 1. The molecule has 1 amide bonds. The predicted octanol–water partition coefficient (Wildman–Crippen LogP) is 4.42. The number of rotatable bonds is 6. The fourth-order valence-electron chi connectivity index (χ4n) is 3.88. The molecule has 3 heterocycles. The Morgan fingerprint density at radius 3 is 2.87 bits per heavy atom. The van der Waals surface area contributed by atoms with Crippen molar-refractivity contribution in [3.8, 4) is 0 Å². The first-order chi connectivity index (χ1) is 15.2. The lowest BCUT2D eigenvalue weighted by Crippen LogP contribution is -2.39. The number of amides is 1. The minimum absolute atomic E-state index is 0.0734. The Balaban J connectivity index is 1.36. The van der Waals surface area contributed by atoms with E-state index in [1.165, 1.54) is 0 Å². The Hall–Kier alpha value is -3.54. The van der Waals surface area contributed by atoms with Gasteiger partial charge in [-0.05, 0) is 55.4 Å². The van der Waals surface area contributed by atoms with Crippen molar-refractivity contribution in [1.82, 2.24) is 19.9 Å². The molecule has 1 N–H and O–H groups in total. The monoisotopic (exact) mass is 413 g/mol. The molecule has 1 aromatic carbocycles. The summed E-state index contributed by atoms with van der Waals surface area (Å²) >= 11 is 0. The van der Waals surface area contributed by atoms with Gasteiger partial charge in [-0.25, -0.2) is 15.0 Å². The minimum atomic E-state index is 0.0734. The van der Waals surface area contributed by atoms with E-state index < -0.39 is 0 Å². The van der Waals surface area contributed by atoms with E-state index in [1.807, 2.05) is 66.4 Å². The van der Waals surface area contributed by atoms with E-state index in [4.69, 9.17) is 0 Å². The molecule has 1 aliphatic heterocycles. The number of carbonyl (C=O) groups is 1. The predicted molar refractivity (Wildman–Crippen MR) is 123 cm³/mol. The van der Waals surface area contributed by atoms with Crippen LogP contribution in [0.2, 0.25) is 0 Å². The third-order valence-electron chi connectivity index (χ3n) is 5.53. The van der Waals surface area contributed by atoms with Gasteiger partial charge in [0.25, 0.3) is 0 Å². The normalized spacial score (nSPS) is 16.4. The first kappa shape index (κ1) is 20.7. The third kappa shape index (κ3) is 5.75. The smallest absolute Gasteiger partial charge is 0.246 e. The number of benzene rings is 1. The first-order valence-corrected chi connectivity index (χ1v) is 10.7. The van der Waals surface area contributed by atoms with Gasteiger partial charge in [0.05, 0.1) is 0 Å². The average molecular weight is 414 g/mol. The fraction of sp³-hybridized carbons (Fsp3) is 0.280. The number of carbonyl (C=O) groups excluding carboxylic acids is 1. The largest absolute Gasteiger partial charge is 0.339 e. The number of nitrogens with zero attached hydrogens (tertiary/aromatic N) is 4. The number of anilines is 2. The van der Waals surface area contributed by atoms with Gasteiger partial charge in [0.1, 0.15) is 18.0 Å². The van der Waals surface area contributed by atoms with Crippen LogP contribution in [0.25, 0.3) is 6.08 Å². The number of pyridine rings is 1. The Morgan fingerprint density at radius 1 is 1.16 bits per heavy atom. The van der Waals surface area contributed by atoms with Crippen LogP contribution in [0.3, 0.4) is 0 Å². The summed E-state index contributed by atoms with van der Waals surface area (Å²) in [7, 11) is 0. The highest BCUT2D eigenvalue weighted by Gasteiger charge is 2.23. The summed E-state index contributed by atoms with van der Waals surface area (Å²) in [6.07, 6.45) is 9.84. The first-order valence-electron chi connectivity index (χ1n) is 10.7. The number of aromatic nitrogens is 3. The van der Waals surface area contributed by atoms with Crippen molar-refractivity contribution >= 4 is 23.6 Å². The molecular formula is C25H27N5O. The molecule has 31 heavy (non-hydrogen) atoms. The quantitative estimate of drug-likeness (QED) is 0.606. The van der Waals surface area contributed by atoms with Crippen molar-refractivity contribution in [3.63, 3.8) is 0 Å². The lowest BCUT2D eigenvalue weighted by molar-refractivity contribution is -0.127. The van der Waals surface area contributed by atoms with E-state index in [1.54, 1.807) is 18.6 Å². The van der Waals surface area contributed by atoms with Gasteiger partial charge in [0, 0.05) is 37.1 Å². The summed E-state index contributed by atoms with van der Waals surface area (Å²) < 4.78 is 0. The molecule has 3 aromatic rings. The lowest BCUT2D eigenvalue weighted by atomic mass is 9.93. The summed E-state index contributed by atoms with van der Waals surface area (Å²) in [4.78, 5) is 27.8. The van der Waals surface area contributed by atoms with E-state index in [0.717, 1.165) is 60.8 Å². The number of likely N-dealkylation sites (tertiary alicyclic amines) is 1. The molecule has 4 rings (SSSR count). The Bertz CT molecular complexity index is 1050.